The molecule has 2 N–H and O–H groups in total. The van der Waals surface area contributed by atoms with Crippen LogP contribution in [-0.4, -0.2) is 30.3 Å². The van der Waals surface area contributed by atoms with Gasteiger partial charge < -0.3 is 9.84 Å². The number of aliphatic carboxylic acids is 1. The third-order valence-electron chi connectivity index (χ3n) is 3.14. The largest absolute Gasteiger partial charge is 0.481 e. The smallest absolute Gasteiger partial charge is 0.426 e. The van der Waals surface area contributed by atoms with Gasteiger partial charge in [-0.3, -0.25) is 9.80 Å². The van der Waals surface area contributed by atoms with Crippen LogP contribution in [0.25, 0.3) is 0 Å². The number of nitrogens with one attached hydrogen (secondary N) is 1. The molecule has 1 aromatic carbocycles. The average molecular weight is 278 g/mol. The van der Waals surface area contributed by atoms with Gasteiger partial charge in [0.2, 0.25) is 0 Å². The number of nitrogens with zero attached hydrogens (tertiary/aromatic N) is 1. The first-order valence-corrected chi connectivity index (χ1v) is 6.57. The van der Waals surface area contributed by atoms with Gasteiger partial charge in [0.25, 0.3) is 0 Å². The maximum absolute atomic E-state index is 11.7. The predicted octanol–water partition coefficient (Wildman–Crippen LogP) is 1.80. The third kappa shape index (κ3) is 3.63. The summed E-state index contributed by atoms with van der Waals surface area (Å²) < 4.78 is 5.03. The van der Waals surface area contributed by atoms with Gasteiger partial charge in [0.05, 0.1) is 18.7 Å². The molecular weight excluding hydrogens is 260 g/mol. The van der Waals surface area contributed by atoms with Crippen LogP contribution in [0.5, 0.6) is 0 Å². The summed E-state index contributed by atoms with van der Waals surface area (Å²) >= 11 is 0. The van der Waals surface area contributed by atoms with Gasteiger partial charge in [0.1, 0.15) is 0 Å². The third-order valence-corrected chi connectivity index (χ3v) is 3.14. The van der Waals surface area contributed by atoms with E-state index < -0.39 is 12.1 Å². The maximum atomic E-state index is 11.7. The zero-order chi connectivity index (χ0) is 14.5. The fraction of sp³-hybridized carbons (Fsp3) is 0.429. The molecule has 0 bridgehead atoms. The summed E-state index contributed by atoms with van der Waals surface area (Å²) in [6.07, 6.45) is 0.310. The first kappa shape index (κ1) is 14.2. The molecule has 0 saturated heterocycles. The first-order chi connectivity index (χ1) is 9.56. The summed E-state index contributed by atoms with van der Waals surface area (Å²) in [5, 5.41) is 10.4. The minimum Gasteiger partial charge on any atom is -0.481 e. The first-order valence-electron chi connectivity index (χ1n) is 6.57. The molecule has 1 heterocycles. The number of rotatable bonds is 5. The number of anilines is 1. The van der Waals surface area contributed by atoms with Crippen LogP contribution in [0.2, 0.25) is 0 Å². The van der Waals surface area contributed by atoms with Gasteiger partial charge in [0.15, 0.2) is 0 Å². The molecule has 0 spiro atoms. The van der Waals surface area contributed by atoms with Crippen LogP contribution in [0.3, 0.4) is 0 Å². The highest BCUT2D eigenvalue weighted by Crippen LogP contribution is 2.25. The molecule has 0 fully saturated rings. The van der Waals surface area contributed by atoms with Crippen molar-refractivity contribution in [2.45, 2.75) is 19.8 Å². The van der Waals surface area contributed by atoms with Gasteiger partial charge in [0, 0.05) is 12.5 Å². The van der Waals surface area contributed by atoms with Crippen molar-refractivity contribution in [3.63, 3.8) is 0 Å². The van der Waals surface area contributed by atoms with Gasteiger partial charge in [-0.15, -0.1) is 0 Å². The number of carboxylic acid groups (broad SMARTS) is 1. The summed E-state index contributed by atoms with van der Waals surface area (Å²) in [5.41, 5.74) is 4.83. The standard InChI is InChI=1S/C14H18N2O4/c1-10(8-13(17)18)9-20-14(19)15-16-7-6-11-4-2-3-5-12(11)16/h2-5,10H,6-9H2,1H3,(H,15,19)(H,17,18)/t10-/m0/s1. The van der Waals surface area contributed by atoms with Gasteiger partial charge in [-0.2, -0.15) is 0 Å². The van der Waals surface area contributed by atoms with Crippen LogP contribution in [0.4, 0.5) is 10.5 Å². The maximum Gasteiger partial charge on any atom is 0.426 e. The van der Waals surface area contributed by atoms with Crippen molar-refractivity contribution >= 4 is 17.7 Å². The molecule has 20 heavy (non-hydrogen) atoms. The molecule has 0 aliphatic carbocycles. The molecule has 1 atom stereocenters. The molecule has 1 amide bonds. The Balaban J connectivity index is 1.80. The molecule has 1 aromatic rings. The Bertz CT molecular complexity index is 504. The Morgan fingerprint density at radius 2 is 2.20 bits per heavy atom. The van der Waals surface area contributed by atoms with E-state index in [4.69, 9.17) is 9.84 Å². The van der Waals surface area contributed by atoms with Crippen LogP contribution < -0.4 is 10.4 Å². The molecule has 6 heteroatoms. The summed E-state index contributed by atoms with van der Waals surface area (Å²) in [6.45, 7) is 2.53. The number of hydrogen-bond acceptors (Lipinski definition) is 4. The quantitative estimate of drug-likeness (QED) is 0.858. The Labute approximate surface area is 117 Å². The van der Waals surface area contributed by atoms with Crippen molar-refractivity contribution in [1.82, 2.24) is 5.43 Å². The molecular formula is C14H18N2O4. The van der Waals surface area contributed by atoms with E-state index in [1.54, 1.807) is 11.9 Å². The average Bonchev–Trinajstić information content (AvgIpc) is 2.79. The second kappa shape index (κ2) is 6.27. The highest BCUT2D eigenvalue weighted by Gasteiger charge is 2.20. The van der Waals surface area contributed by atoms with Gasteiger partial charge in [-0.05, 0) is 18.1 Å². The van der Waals surface area contributed by atoms with Crippen molar-refractivity contribution < 1.29 is 19.4 Å². The summed E-state index contributed by atoms with van der Waals surface area (Å²) in [4.78, 5) is 22.2. The monoisotopic (exact) mass is 278 g/mol. The van der Waals surface area contributed by atoms with Crippen LogP contribution in [0.15, 0.2) is 24.3 Å². The van der Waals surface area contributed by atoms with Crippen molar-refractivity contribution in [3.8, 4) is 0 Å². The second-order valence-corrected chi connectivity index (χ2v) is 4.94. The van der Waals surface area contributed by atoms with E-state index in [2.05, 4.69) is 5.43 Å². The number of ether oxygens (including phenoxy) is 1. The zero-order valence-electron chi connectivity index (χ0n) is 11.3. The lowest BCUT2D eigenvalue weighted by Crippen LogP contribution is -2.42. The fourth-order valence-electron chi connectivity index (χ4n) is 2.17. The molecule has 0 unspecified atom stereocenters. The predicted molar refractivity (Wildman–Crippen MR) is 73.4 cm³/mol. The van der Waals surface area contributed by atoms with E-state index in [-0.39, 0.29) is 18.9 Å². The number of amides is 1. The second-order valence-electron chi connectivity index (χ2n) is 4.94. The van der Waals surface area contributed by atoms with Crippen molar-refractivity contribution in [2.24, 2.45) is 5.92 Å². The summed E-state index contributed by atoms with van der Waals surface area (Å²) in [6, 6.07) is 7.85. The van der Waals surface area contributed by atoms with Gasteiger partial charge in [-0.25, -0.2) is 10.2 Å². The van der Waals surface area contributed by atoms with Gasteiger partial charge >= 0.3 is 12.1 Å². The molecule has 1 aliphatic heterocycles. The fourth-order valence-corrected chi connectivity index (χ4v) is 2.17. The van der Waals surface area contributed by atoms with Crippen LogP contribution in [-0.2, 0) is 16.0 Å². The lowest BCUT2D eigenvalue weighted by atomic mass is 10.1. The molecule has 0 saturated carbocycles. The molecule has 6 nitrogen and oxygen atoms in total. The van der Waals surface area contributed by atoms with Crippen LogP contribution in [0, 0.1) is 5.92 Å². The Hall–Kier alpha value is -2.24. The lowest BCUT2D eigenvalue weighted by Gasteiger charge is -2.20. The zero-order valence-corrected chi connectivity index (χ0v) is 11.3. The van der Waals surface area contributed by atoms with Crippen molar-refractivity contribution in [2.75, 3.05) is 18.2 Å². The van der Waals surface area contributed by atoms with E-state index in [9.17, 15) is 9.59 Å². The summed E-state index contributed by atoms with van der Waals surface area (Å²) in [5.74, 6) is -1.10. The van der Waals surface area contributed by atoms with E-state index in [1.807, 2.05) is 24.3 Å². The molecule has 2 rings (SSSR count). The van der Waals surface area contributed by atoms with Crippen molar-refractivity contribution in [3.05, 3.63) is 29.8 Å². The molecule has 0 radical (unpaired) electrons. The SMILES string of the molecule is C[C@H](COC(=O)NN1CCc2ccccc21)CC(=O)O. The number of hydrazine groups is 1. The van der Waals surface area contributed by atoms with Crippen molar-refractivity contribution in [1.29, 1.82) is 0 Å². The highest BCUT2D eigenvalue weighted by atomic mass is 16.6. The number of carbonyl (C=O) groups is 2. The van der Waals surface area contributed by atoms with E-state index in [0.29, 0.717) is 6.54 Å². The Morgan fingerprint density at radius 3 is 2.95 bits per heavy atom. The number of carboxylic acids is 1. The Kier molecular flexibility index (Phi) is 4.45. The topological polar surface area (TPSA) is 78.9 Å². The number of hydrogen-bond donors (Lipinski definition) is 2. The number of para-hydroxylation sites is 1. The highest BCUT2D eigenvalue weighted by molar-refractivity contribution is 5.72. The number of carbonyl (C=O) groups excluding carboxylic acids is 1. The van der Waals surface area contributed by atoms with Crippen LogP contribution in [0.1, 0.15) is 18.9 Å². The number of fused-ring (bicyclic) bond motifs is 1. The minimum absolute atomic E-state index is 0.0141. The van der Waals surface area contributed by atoms with Crippen LogP contribution >= 0.6 is 0 Å². The molecule has 0 aromatic heterocycles. The van der Waals surface area contributed by atoms with E-state index in [0.717, 1.165) is 12.1 Å². The minimum atomic E-state index is -0.894. The van der Waals surface area contributed by atoms with Gasteiger partial charge in [-0.1, -0.05) is 25.1 Å². The lowest BCUT2D eigenvalue weighted by molar-refractivity contribution is -0.138. The summed E-state index contributed by atoms with van der Waals surface area (Å²) in [7, 11) is 0. The van der Waals surface area contributed by atoms with E-state index >= 15 is 0 Å². The molecule has 1 aliphatic rings. The Morgan fingerprint density at radius 1 is 1.45 bits per heavy atom. The molecule has 108 valence electrons. The normalized spacial score (nSPS) is 14.6. The van der Waals surface area contributed by atoms with E-state index in [1.165, 1.54) is 5.56 Å². The number of benzene rings is 1.